The van der Waals surface area contributed by atoms with Crippen LogP contribution in [0.4, 0.5) is 8.78 Å². The van der Waals surface area contributed by atoms with Crippen molar-refractivity contribution in [3.63, 3.8) is 0 Å². The number of hydrogen-bond donors (Lipinski definition) is 1. The number of rotatable bonds is 5. The zero-order valence-electron chi connectivity index (χ0n) is 11.2. The molecule has 0 saturated carbocycles. The molecule has 0 spiro atoms. The fourth-order valence-electron chi connectivity index (χ4n) is 2.26. The predicted molar refractivity (Wildman–Crippen MR) is 85.6 cm³/mol. The molecule has 0 aliphatic heterocycles. The van der Waals surface area contributed by atoms with Crippen LogP contribution in [0.2, 0.25) is 0 Å². The van der Waals surface area contributed by atoms with Gasteiger partial charge in [-0.3, -0.25) is 0 Å². The Balaban J connectivity index is 2.28. The summed E-state index contributed by atoms with van der Waals surface area (Å²) in [6.07, 6.45) is 0.558. The van der Waals surface area contributed by atoms with E-state index < -0.39 is 11.6 Å². The molecule has 0 aliphatic rings. The normalized spacial score (nSPS) is 12.4. The first-order valence-electron chi connectivity index (χ1n) is 6.53. The van der Waals surface area contributed by atoms with Crippen molar-refractivity contribution < 1.29 is 8.78 Å². The molecule has 0 fully saturated rings. The molecular weight excluding hydrogens is 371 g/mol. The van der Waals surface area contributed by atoms with Crippen LogP contribution in [0, 0.1) is 15.2 Å². The van der Waals surface area contributed by atoms with Gasteiger partial charge in [0, 0.05) is 15.7 Å². The summed E-state index contributed by atoms with van der Waals surface area (Å²) in [5.74, 6) is -1.06. The summed E-state index contributed by atoms with van der Waals surface area (Å²) < 4.78 is 27.7. The fourth-order valence-corrected chi connectivity index (χ4v) is 3.02. The average molecular weight is 387 g/mol. The fraction of sp³-hybridized carbons (Fsp3) is 0.250. The van der Waals surface area contributed by atoms with Crippen LogP contribution in [-0.2, 0) is 6.42 Å². The summed E-state index contributed by atoms with van der Waals surface area (Å²) in [7, 11) is 0. The monoisotopic (exact) mass is 387 g/mol. The molecule has 0 radical (unpaired) electrons. The van der Waals surface area contributed by atoms with E-state index in [1.165, 1.54) is 12.1 Å². The van der Waals surface area contributed by atoms with E-state index in [0.717, 1.165) is 21.7 Å². The molecule has 0 saturated heterocycles. The molecule has 2 aromatic rings. The minimum Gasteiger partial charge on any atom is -0.310 e. The first-order valence-corrected chi connectivity index (χ1v) is 7.60. The largest absolute Gasteiger partial charge is 0.310 e. The first kappa shape index (κ1) is 15.4. The Hall–Kier alpha value is -1.01. The van der Waals surface area contributed by atoms with Crippen molar-refractivity contribution in [1.29, 1.82) is 0 Å². The Morgan fingerprint density at radius 1 is 1.10 bits per heavy atom. The maximum Gasteiger partial charge on any atom is 0.126 e. The van der Waals surface area contributed by atoms with Gasteiger partial charge in [-0.25, -0.2) is 8.78 Å². The van der Waals surface area contributed by atoms with Crippen molar-refractivity contribution in [1.82, 2.24) is 5.32 Å². The third kappa shape index (κ3) is 3.99. The maximum absolute atomic E-state index is 13.3. The van der Waals surface area contributed by atoms with Gasteiger partial charge in [-0.1, -0.05) is 25.1 Å². The van der Waals surface area contributed by atoms with E-state index in [9.17, 15) is 8.78 Å². The third-order valence-electron chi connectivity index (χ3n) is 3.09. The number of halogens is 3. The molecule has 0 bridgehead atoms. The average Bonchev–Trinajstić information content (AvgIpc) is 2.37. The van der Waals surface area contributed by atoms with Gasteiger partial charge in [0.05, 0.1) is 0 Å². The van der Waals surface area contributed by atoms with E-state index in [0.29, 0.717) is 12.0 Å². The summed E-state index contributed by atoms with van der Waals surface area (Å²) in [6, 6.07) is 11.8. The van der Waals surface area contributed by atoms with Gasteiger partial charge in [-0.15, -0.1) is 0 Å². The van der Waals surface area contributed by atoms with Crippen molar-refractivity contribution in [3.8, 4) is 0 Å². The Morgan fingerprint density at radius 3 is 2.35 bits per heavy atom. The van der Waals surface area contributed by atoms with Crippen LogP contribution in [-0.4, -0.2) is 6.54 Å². The highest BCUT2D eigenvalue weighted by molar-refractivity contribution is 14.1. The Labute approximate surface area is 131 Å². The molecule has 2 rings (SSSR count). The number of nitrogens with one attached hydrogen (secondary N) is 1. The van der Waals surface area contributed by atoms with Gasteiger partial charge in [-0.2, -0.15) is 0 Å². The second-order valence-corrected chi connectivity index (χ2v) is 5.78. The molecule has 0 heterocycles. The highest BCUT2D eigenvalue weighted by Gasteiger charge is 2.14. The van der Waals surface area contributed by atoms with E-state index in [1.807, 2.05) is 31.2 Å². The van der Waals surface area contributed by atoms with Crippen molar-refractivity contribution in [2.24, 2.45) is 0 Å². The maximum atomic E-state index is 13.3. The van der Waals surface area contributed by atoms with Crippen molar-refractivity contribution in [2.45, 2.75) is 19.4 Å². The van der Waals surface area contributed by atoms with Gasteiger partial charge in [0.1, 0.15) is 11.6 Å². The van der Waals surface area contributed by atoms with Crippen molar-refractivity contribution in [3.05, 3.63) is 68.8 Å². The smallest absolute Gasteiger partial charge is 0.126 e. The summed E-state index contributed by atoms with van der Waals surface area (Å²) in [5.41, 5.74) is 1.81. The molecular formula is C16H16F2IN. The zero-order valence-corrected chi connectivity index (χ0v) is 13.3. The Bertz CT molecular complexity index is 566. The van der Waals surface area contributed by atoms with E-state index in [1.54, 1.807) is 0 Å². The minimum atomic E-state index is -0.530. The van der Waals surface area contributed by atoms with E-state index >= 15 is 0 Å². The molecule has 20 heavy (non-hydrogen) atoms. The SMILES string of the molecule is CCNC(Cc1cc(F)cc(F)c1)c1ccccc1I. The highest BCUT2D eigenvalue weighted by atomic mass is 127. The molecule has 1 nitrogen and oxygen atoms in total. The molecule has 0 aliphatic carbocycles. The van der Waals surface area contributed by atoms with Crippen LogP contribution < -0.4 is 5.32 Å². The Morgan fingerprint density at radius 2 is 1.75 bits per heavy atom. The molecule has 0 aromatic heterocycles. The van der Waals surface area contributed by atoms with Gasteiger partial charge in [-0.05, 0) is 64.9 Å². The molecule has 4 heteroatoms. The van der Waals surface area contributed by atoms with Gasteiger partial charge >= 0.3 is 0 Å². The van der Waals surface area contributed by atoms with Crippen LogP contribution in [0.15, 0.2) is 42.5 Å². The van der Waals surface area contributed by atoms with Gasteiger partial charge < -0.3 is 5.32 Å². The minimum absolute atomic E-state index is 0.0503. The molecule has 2 aromatic carbocycles. The van der Waals surface area contributed by atoms with Crippen LogP contribution >= 0.6 is 22.6 Å². The van der Waals surface area contributed by atoms with E-state index in [2.05, 4.69) is 27.9 Å². The lowest BCUT2D eigenvalue weighted by Gasteiger charge is -2.20. The second-order valence-electron chi connectivity index (χ2n) is 4.61. The first-order chi connectivity index (χ1) is 9.60. The third-order valence-corrected chi connectivity index (χ3v) is 4.08. The number of benzene rings is 2. The van der Waals surface area contributed by atoms with Crippen LogP contribution in [0.3, 0.4) is 0 Å². The van der Waals surface area contributed by atoms with Gasteiger partial charge in [0.25, 0.3) is 0 Å². The highest BCUT2D eigenvalue weighted by Crippen LogP contribution is 2.24. The van der Waals surface area contributed by atoms with Crippen molar-refractivity contribution in [2.75, 3.05) is 6.54 Å². The van der Waals surface area contributed by atoms with E-state index in [4.69, 9.17) is 0 Å². The quantitative estimate of drug-likeness (QED) is 0.747. The summed E-state index contributed by atoms with van der Waals surface area (Å²) >= 11 is 2.28. The van der Waals surface area contributed by atoms with Gasteiger partial charge in [0.2, 0.25) is 0 Å². The Kier molecular flexibility index (Phi) is 5.48. The lowest BCUT2D eigenvalue weighted by atomic mass is 9.98. The van der Waals surface area contributed by atoms with E-state index in [-0.39, 0.29) is 6.04 Å². The molecule has 1 N–H and O–H groups in total. The summed E-state index contributed by atoms with van der Waals surface area (Å²) in [5, 5.41) is 3.38. The van der Waals surface area contributed by atoms with Crippen LogP contribution in [0.1, 0.15) is 24.1 Å². The second kappa shape index (κ2) is 7.13. The van der Waals surface area contributed by atoms with Crippen LogP contribution in [0.5, 0.6) is 0 Å². The summed E-state index contributed by atoms with van der Waals surface area (Å²) in [4.78, 5) is 0. The zero-order chi connectivity index (χ0) is 14.5. The molecule has 0 amide bonds. The molecule has 106 valence electrons. The standard InChI is InChI=1S/C16H16F2IN/c1-2-20-16(14-5-3-4-6-15(14)19)9-11-7-12(17)10-13(18)8-11/h3-8,10,16,20H,2,9H2,1H3. The van der Waals surface area contributed by atoms with Gasteiger partial charge in [0.15, 0.2) is 0 Å². The number of hydrogen-bond acceptors (Lipinski definition) is 1. The van der Waals surface area contributed by atoms with Crippen LogP contribution in [0.25, 0.3) is 0 Å². The summed E-state index contributed by atoms with van der Waals surface area (Å²) in [6.45, 7) is 2.82. The lowest BCUT2D eigenvalue weighted by Crippen LogP contribution is -2.23. The molecule has 1 unspecified atom stereocenters. The lowest BCUT2D eigenvalue weighted by molar-refractivity contribution is 0.537. The predicted octanol–water partition coefficient (Wildman–Crippen LogP) is 4.46. The van der Waals surface area contributed by atoms with Crippen molar-refractivity contribution >= 4 is 22.6 Å². The molecule has 1 atom stereocenters. The number of likely N-dealkylation sites (N-methyl/N-ethyl adjacent to an activating group) is 1. The topological polar surface area (TPSA) is 12.0 Å².